The van der Waals surface area contributed by atoms with Crippen LogP contribution in [0.15, 0.2) is 0 Å². The van der Waals surface area contributed by atoms with Gasteiger partial charge >= 0.3 is 5.97 Å². The van der Waals surface area contributed by atoms with E-state index in [1.807, 2.05) is 6.92 Å². The number of hydrogen-bond donors (Lipinski definition) is 1. The van der Waals surface area contributed by atoms with Crippen LogP contribution in [-0.4, -0.2) is 50.7 Å². The zero-order valence-corrected chi connectivity index (χ0v) is 10.7. The number of nitrogens with one attached hydrogen (secondary N) is 1. The van der Waals surface area contributed by atoms with Gasteiger partial charge in [0.2, 0.25) is 0 Å². The Labute approximate surface area is 98.3 Å². The van der Waals surface area contributed by atoms with Gasteiger partial charge < -0.3 is 15.0 Å². The van der Waals surface area contributed by atoms with E-state index in [0.717, 1.165) is 19.0 Å². The first-order valence-electron chi connectivity index (χ1n) is 6.19. The number of nitrogens with zero attached hydrogens (tertiary/aromatic N) is 1. The first kappa shape index (κ1) is 13.5. The van der Waals surface area contributed by atoms with Gasteiger partial charge in [-0.15, -0.1) is 0 Å². The fourth-order valence-electron chi connectivity index (χ4n) is 2.03. The molecule has 0 aromatic rings. The summed E-state index contributed by atoms with van der Waals surface area (Å²) in [6.07, 6.45) is 4.05. The van der Waals surface area contributed by atoms with E-state index in [4.69, 9.17) is 4.74 Å². The van der Waals surface area contributed by atoms with Crippen molar-refractivity contribution in [2.45, 2.75) is 32.2 Å². The summed E-state index contributed by atoms with van der Waals surface area (Å²) in [6, 6.07) is -0.204. The van der Waals surface area contributed by atoms with Crippen molar-refractivity contribution in [1.29, 1.82) is 0 Å². The molecule has 0 saturated heterocycles. The Kier molecular flexibility index (Phi) is 5.77. The lowest BCUT2D eigenvalue weighted by Crippen LogP contribution is -2.45. The molecule has 1 fully saturated rings. The number of carbonyl (C=O) groups is 1. The first-order valence-corrected chi connectivity index (χ1v) is 6.19. The van der Waals surface area contributed by atoms with E-state index in [2.05, 4.69) is 17.3 Å². The largest absolute Gasteiger partial charge is 0.465 e. The minimum absolute atomic E-state index is 0.148. The fraction of sp³-hybridized carbons (Fsp3) is 0.917. The highest BCUT2D eigenvalue weighted by Crippen LogP contribution is 2.26. The Morgan fingerprint density at radius 1 is 1.56 bits per heavy atom. The summed E-state index contributed by atoms with van der Waals surface area (Å²) >= 11 is 0. The van der Waals surface area contributed by atoms with Gasteiger partial charge in [-0.3, -0.25) is 4.79 Å². The van der Waals surface area contributed by atoms with Crippen LogP contribution in [0.5, 0.6) is 0 Å². The smallest absolute Gasteiger partial charge is 0.324 e. The van der Waals surface area contributed by atoms with Crippen molar-refractivity contribution in [2.24, 2.45) is 5.92 Å². The number of rotatable bonds is 7. The standard InChI is InChI=1S/C12H24N2O2/c1-4-16-12(15)11(13-2)9-14(3)8-10-6-5-7-10/h10-11,13H,4-9H2,1-3H3. The van der Waals surface area contributed by atoms with Crippen LogP contribution in [0.2, 0.25) is 0 Å². The van der Waals surface area contributed by atoms with Crippen LogP contribution in [0.25, 0.3) is 0 Å². The molecule has 0 aromatic heterocycles. The third-order valence-electron chi connectivity index (χ3n) is 3.21. The Hall–Kier alpha value is -0.610. The number of likely N-dealkylation sites (N-methyl/N-ethyl adjacent to an activating group) is 2. The molecule has 4 nitrogen and oxygen atoms in total. The fourth-order valence-corrected chi connectivity index (χ4v) is 2.03. The monoisotopic (exact) mass is 228 g/mol. The third kappa shape index (κ3) is 4.10. The predicted molar refractivity (Wildman–Crippen MR) is 64.3 cm³/mol. The Balaban J connectivity index is 2.27. The van der Waals surface area contributed by atoms with Crippen LogP contribution >= 0.6 is 0 Å². The van der Waals surface area contributed by atoms with Crippen LogP contribution in [0.4, 0.5) is 0 Å². The molecule has 4 heteroatoms. The molecule has 1 rings (SSSR count). The van der Waals surface area contributed by atoms with E-state index in [1.165, 1.54) is 19.3 Å². The summed E-state index contributed by atoms with van der Waals surface area (Å²) in [6.45, 7) is 4.11. The first-order chi connectivity index (χ1) is 7.67. The van der Waals surface area contributed by atoms with Gasteiger partial charge in [0.1, 0.15) is 6.04 Å². The van der Waals surface area contributed by atoms with Crippen molar-refractivity contribution in [2.75, 3.05) is 33.8 Å². The molecule has 1 saturated carbocycles. The maximum Gasteiger partial charge on any atom is 0.324 e. The van der Waals surface area contributed by atoms with Crippen LogP contribution in [0, 0.1) is 5.92 Å². The van der Waals surface area contributed by atoms with Gasteiger partial charge in [0, 0.05) is 13.1 Å². The van der Waals surface area contributed by atoms with Crippen molar-refractivity contribution in [3.05, 3.63) is 0 Å². The number of carbonyl (C=O) groups excluding carboxylic acids is 1. The van der Waals surface area contributed by atoms with Crippen molar-refractivity contribution >= 4 is 5.97 Å². The molecule has 1 aliphatic carbocycles. The van der Waals surface area contributed by atoms with Crippen molar-refractivity contribution in [3.8, 4) is 0 Å². The molecule has 1 atom stereocenters. The highest BCUT2D eigenvalue weighted by molar-refractivity contribution is 5.76. The van der Waals surface area contributed by atoms with Gasteiger partial charge in [-0.1, -0.05) is 6.42 Å². The molecule has 0 spiro atoms. The molecule has 0 bridgehead atoms. The van der Waals surface area contributed by atoms with Gasteiger partial charge in [-0.2, -0.15) is 0 Å². The molecule has 0 radical (unpaired) electrons. The van der Waals surface area contributed by atoms with Crippen LogP contribution in [0.3, 0.4) is 0 Å². The molecule has 0 heterocycles. The quantitative estimate of drug-likeness (QED) is 0.657. The highest BCUT2D eigenvalue weighted by Gasteiger charge is 2.23. The van der Waals surface area contributed by atoms with Gasteiger partial charge in [0.15, 0.2) is 0 Å². The number of ether oxygens (including phenoxy) is 1. The van der Waals surface area contributed by atoms with E-state index in [0.29, 0.717) is 6.61 Å². The SMILES string of the molecule is CCOC(=O)C(CN(C)CC1CCC1)NC. The molecule has 16 heavy (non-hydrogen) atoms. The summed E-state index contributed by atoms with van der Waals surface area (Å²) in [4.78, 5) is 13.8. The molecular formula is C12H24N2O2. The van der Waals surface area contributed by atoms with E-state index >= 15 is 0 Å². The van der Waals surface area contributed by atoms with E-state index in [-0.39, 0.29) is 12.0 Å². The minimum Gasteiger partial charge on any atom is -0.465 e. The van der Waals surface area contributed by atoms with Gasteiger partial charge in [0.25, 0.3) is 0 Å². The second kappa shape index (κ2) is 6.86. The van der Waals surface area contributed by atoms with Crippen LogP contribution < -0.4 is 5.32 Å². The number of esters is 1. The number of hydrogen-bond acceptors (Lipinski definition) is 4. The average Bonchev–Trinajstić information content (AvgIpc) is 2.20. The topological polar surface area (TPSA) is 41.6 Å². The summed E-state index contributed by atoms with van der Waals surface area (Å²) in [5, 5.41) is 3.01. The molecule has 0 aliphatic heterocycles. The van der Waals surface area contributed by atoms with Crippen LogP contribution in [-0.2, 0) is 9.53 Å². The summed E-state index contributed by atoms with van der Waals surface area (Å²) < 4.78 is 5.01. The Morgan fingerprint density at radius 2 is 2.25 bits per heavy atom. The molecule has 0 aromatic carbocycles. The second-order valence-corrected chi connectivity index (χ2v) is 4.61. The van der Waals surface area contributed by atoms with Crippen molar-refractivity contribution < 1.29 is 9.53 Å². The normalized spacial score (nSPS) is 18.2. The molecule has 94 valence electrons. The molecular weight excluding hydrogens is 204 g/mol. The summed E-state index contributed by atoms with van der Waals surface area (Å²) in [7, 11) is 3.88. The lowest BCUT2D eigenvalue weighted by molar-refractivity contribution is -0.146. The summed E-state index contributed by atoms with van der Waals surface area (Å²) in [5.41, 5.74) is 0. The molecule has 0 amide bonds. The van der Waals surface area contributed by atoms with Gasteiger partial charge in [-0.05, 0) is 39.8 Å². The van der Waals surface area contributed by atoms with E-state index < -0.39 is 0 Å². The van der Waals surface area contributed by atoms with E-state index in [1.54, 1.807) is 7.05 Å². The lowest BCUT2D eigenvalue weighted by Gasteiger charge is -2.31. The summed E-state index contributed by atoms with van der Waals surface area (Å²) in [5.74, 6) is 0.690. The highest BCUT2D eigenvalue weighted by atomic mass is 16.5. The second-order valence-electron chi connectivity index (χ2n) is 4.61. The maximum atomic E-state index is 11.6. The van der Waals surface area contributed by atoms with Crippen molar-refractivity contribution in [3.63, 3.8) is 0 Å². The minimum atomic E-state index is -0.204. The Morgan fingerprint density at radius 3 is 2.69 bits per heavy atom. The zero-order valence-electron chi connectivity index (χ0n) is 10.7. The lowest BCUT2D eigenvalue weighted by atomic mass is 9.85. The molecule has 1 unspecified atom stereocenters. The van der Waals surface area contributed by atoms with Gasteiger partial charge in [0.05, 0.1) is 6.61 Å². The zero-order chi connectivity index (χ0) is 12.0. The van der Waals surface area contributed by atoms with Crippen molar-refractivity contribution in [1.82, 2.24) is 10.2 Å². The average molecular weight is 228 g/mol. The third-order valence-corrected chi connectivity index (χ3v) is 3.21. The van der Waals surface area contributed by atoms with Crippen LogP contribution in [0.1, 0.15) is 26.2 Å². The molecule has 1 N–H and O–H groups in total. The molecule has 1 aliphatic rings. The Bertz CT molecular complexity index is 217. The van der Waals surface area contributed by atoms with E-state index in [9.17, 15) is 4.79 Å². The van der Waals surface area contributed by atoms with Gasteiger partial charge in [-0.25, -0.2) is 0 Å². The maximum absolute atomic E-state index is 11.6. The predicted octanol–water partition coefficient (Wildman–Crippen LogP) is 0.869.